The smallest absolute Gasteiger partial charge is 0.258 e. The Hall–Kier alpha value is -2.25. The van der Waals surface area contributed by atoms with E-state index >= 15 is 0 Å². The lowest BCUT2D eigenvalue weighted by Crippen LogP contribution is -2.44. The van der Waals surface area contributed by atoms with Gasteiger partial charge in [0.2, 0.25) is 0 Å². The first-order valence-corrected chi connectivity index (χ1v) is 8.13. The van der Waals surface area contributed by atoms with Gasteiger partial charge in [-0.25, -0.2) is 0 Å². The van der Waals surface area contributed by atoms with E-state index in [9.17, 15) is 0 Å². The number of nitrogens with zero attached hydrogens (tertiary/aromatic N) is 4. The molecule has 2 N–H and O–H groups in total. The van der Waals surface area contributed by atoms with E-state index in [4.69, 9.17) is 14.8 Å². The first-order chi connectivity index (χ1) is 11.6. The van der Waals surface area contributed by atoms with Crippen molar-refractivity contribution in [2.24, 2.45) is 5.73 Å². The highest BCUT2D eigenvalue weighted by molar-refractivity contribution is 5.85. The van der Waals surface area contributed by atoms with Crippen molar-refractivity contribution < 1.29 is 9.05 Å². The van der Waals surface area contributed by atoms with Crippen LogP contribution in [0.15, 0.2) is 33.3 Å². The molecule has 2 aromatic heterocycles. The summed E-state index contributed by atoms with van der Waals surface area (Å²) in [5.74, 6) is 2.29. The molecular weight excluding hydrogens is 342 g/mol. The van der Waals surface area contributed by atoms with E-state index in [-0.39, 0.29) is 18.3 Å². The second-order valence-electron chi connectivity index (χ2n) is 6.59. The standard InChI is InChI=1S/C17H19N5O2.ClH/c1-10(2)13-19-14(23-21-13)11-6-3-4-7-12(11)15-20-16(22-24-15)17(18)8-5-9-17;/h3-4,6-7,10H,5,8-9,18H2,1-2H3;1H. The summed E-state index contributed by atoms with van der Waals surface area (Å²) < 4.78 is 10.9. The fourth-order valence-corrected chi connectivity index (χ4v) is 2.75. The summed E-state index contributed by atoms with van der Waals surface area (Å²) in [5, 5.41) is 8.10. The molecule has 0 spiro atoms. The number of benzene rings is 1. The van der Waals surface area contributed by atoms with Gasteiger partial charge in [0, 0.05) is 5.92 Å². The van der Waals surface area contributed by atoms with Crippen LogP contribution in [-0.4, -0.2) is 20.3 Å². The number of rotatable bonds is 4. The Bertz CT molecular complexity index is 869. The van der Waals surface area contributed by atoms with Crippen LogP contribution in [0.5, 0.6) is 0 Å². The molecule has 132 valence electrons. The molecule has 0 amide bonds. The van der Waals surface area contributed by atoms with Gasteiger partial charge in [0.25, 0.3) is 11.8 Å². The van der Waals surface area contributed by atoms with Gasteiger partial charge >= 0.3 is 0 Å². The van der Waals surface area contributed by atoms with Crippen LogP contribution in [0.1, 0.15) is 50.7 Å². The quantitative estimate of drug-likeness (QED) is 0.755. The van der Waals surface area contributed by atoms with E-state index in [1.165, 1.54) is 0 Å². The second-order valence-corrected chi connectivity index (χ2v) is 6.59. The molecule has 1 saturated carbocycles. The Morgan fingerprint density at radius 3 is 2.12 bits per heavy atom. The van der Waals surface area contributed by atoms with E-state index < -0.39 is 5.54 Å². The van der Waals surface area contributed by atoms with Gasteiger partial charge < -0.3 is 14.8 Å². The van der Waals surface area contributed by atoms with Crippen molar-refractivity contribution in [2.75, 3.05) is 0 Å². The Balaban J connectivity index is 0.00000182. The third-order valence-electron chi connectivity index (χ3n) is 4.46. The molecule has 1 aliphatic rings. The average molecular weight is 362 g/mol. The lowest BCUT2D eigenvalue weighted by molar-refractivity contribution is 0.229. The fourth-order valence-electron chi connectivity index (χ4n) is 2.75. The summed E-state index contributed by atoms with van der Waals surface area (Å²) in [7, 11) is 0. The Morgan fingerprint density at radius 1 is 1.00 bits per heavy atom. The van der Waals surface area contributed by atoms with Gasteiger partial charge in [0.1, 0.15) is 0 Å². The number of hydrogen-bond acceptors (Lipinski definition) is 7. The van der Waals surface area contributed by atoms with Crippen molar-refractivity contribution in [3.63, 3.8) is 0 Å². The Labute approximate surface area is 151 Å². The average Bonchev–Trinajstić information content (AvgIpc) is 3.22. The van der Waals surface area contributed by atoms with E-state index in [1.807, 2.05) is 38.1 Å². The van der Waals surface area contributed by atoms with Gasteiger partial charge in [-0.1, -0.05) is 36.3 Å². The maximum Gasteiger partial charge on any atom is 0.258 e. The van der Waals surface area contributed by atoms with Gasteiger partial charge in [-0.3, -0.25) is 0 Å². The third kappa shape index (κ3) is 3.05. The summed E-state index contributed by atoms with van der Waals surface area (Å²) in [5.41, 5.74) is 7.36. The molecule has 1 aromatic carbocycles. The Kier molecular flexibility index (Phi) is 4.62. The van der Waals surface area contributed by atoms with E-state index in [1.54, 1.807) is 0 Å². The van der Waals surface area contributed by atoms with Gasteiger partial charge in [-0.2, -0.15) is 9.97 Å². The topological polar surface area (TPSA) is 104 Å². The molecule has 25 heavy (non-hydrogen) atoms. The van der Waals surface area contributed by atoms with Crippen molar-refractivity contribution in [3.05, 3.63) is 35.9 Å². The largest absolute Gasteiger partial charge is 0.334 e. The predicted molar refractivity (Wildman–Crippen MR) is 94.1 cm³/mol. The van der Waals surface area contributed by atoms with Crippen LogP contribution >= 0.6 is 12.4 Å². The maximum absolute atomic E-state index is 6.28. The van der Waals surface area contributed by atoms with E-state index in [0.717, 1.165) is 30.4 Å². The third-order valence-corrected chi connectivity index (χ3v) is 4.46. The molecule has 2 heterocycles. The monoisotopic (exact) mass is 361 g/mol. The zero-order chi connectivity index (χ0) is 16.7. The molecule has 7 nitrogen and oxygen atoms in total. The highest BCUT2D eigenvalue weighted by atomic mass is 35.5. The highest BCUT2D eigenvalue weighted by Gasteiger charge is 2.39. The summed E-state index contributed by atoms with van der Waals surface area (Å²) in [6.07, 6.45) is 2.86. The van der Waals surface area contributed by atoms with Crippen LogP contribution in [0, 0.1) is 0 Å². The fraction of sp³-hybridized carbons (Fsp3) is 0.412. The summed E-state index contributed by atoms with van der Waals surface area (Å²) in [6, 6.07) is 7.62. The first-order valence-electron chi connectivity index (χ1n) is 8.13. The van der Waals surface area contributed by atoms with Gasteiger partial charge in [-0.05, 0) is 31.4 Å². The van der Waals surface area contributed by atoms with Crippen LogP contribution in [0.3, 0.4) is 0 Å². The van der Waals surface area contributed by atoms with E-state index in [2.05, 4.69) is 20.3 Å². The summed E-state index contributed by atoms with van der Waals surface area (Å²) in [4.78, 5) is 8.97. The lowest BCUT2D eigenvalue weighted by atomic mass is 9.77. The van der Waals surface area contributed by atoms with E-state index in [0.29, 0.717) is 23.4 Å². The number of nitrogens with two attached hydrogens (primary N) is 1. The van der Waals surface area contributed by atoms with Crippen molar-refractivity contribution in [1.82, 2.24) is 20.3 Å². The van der Waals surface area contributed by atoms with Crippen LogP contribution in [0.2, 0.25) is 0 Å². The molecule has 1 fully saturated rings. The molecular formula is C17H20ClN5O2. The number of aromatic nitrogens is 4. The highest BCUT2D eigenvalue weighted by Crippen LogP contribution is 2.38. The van der Waals surface area contributed by atoms with Crippen LogP contribution in [0.4, 0.5) is 0 Å². The molecule has 0 unspecified atom stereocenters. The summed E-state index contributed by atoms with van der Waals surface area (Å²) in [6.45, 7) is 4.04. The molecule has 0 atom stereocenters. The predicted octanol–water partition coefficient (Wildman–Crippen LogP) is 3.67. The van der Waals surface area contributed by atoms with Crippen molar-refractivity contribution in [2.45, 2.75) is 44.6 Å². The molecule has 0 saturated heterocycles. The zero-order valence-electron chi connectivity index (χ0n) is 14.1. The second kappa shape index (κ2) is 6.57. The molecule has 0 radical (unpaired) electrons. The van der Waals surface area contributed by atoms with Crippen molar-refractivity contribution in [3.8, 4) is 22.9 Å². The minimum Gasteiger partial charge on any atom is -0.334 e. The Morgan fingerprint density at radius 2 is 1.60 bits per heavy atom. The minimum absolute atomic E-state index is 0. The first kappa shape index (κ1) is 17.6. The van der Waals surface area contributed by atoms with Crippen molar-refractivity contribution in [1.29, 1.82) is 0 Å². The van der Waals surface area contributed by atoms with Crippen LogP contribution in [-0.2, 0) is 5.54 Å². The normalized spacial score (nSPS) is 15.7. The van der Waals surface area contributed by atoms with Gasteiger partial charge in [-0.15, -0.1) is 12.4 Å². The van der Waals surface area contributed by atoms with Crippen LogP contribution < -0.4 is 5.73 Å². The molecule has 3 aromatic rings. The lowest BCUT2D eigenvalue weighted by Gasteiger charge is -2.34. The zero-order valence-corrected chi connectivity index (χ0v) is 14.9. The number of halogens is 1. The molecule has 8 heteroatoms. The molecule has 0 aliphatic heterocycles. The molecule has 0 bridgehead atoms. The minimum atomic E-state index is -0.452. The van der Waals surface area contributed by atoms with Crippen LogP contribution in [0.25, 0.3) is 22.9 Å². The summed E-state index contributed by atoms with van der Waals surface area (Å²) >= 11 is 0. The molecule has 1 aliphatic carbocycles. The van der Waals surface area contributed by atoms with Gasteiger partial charge in [0.15, 0.2) is 11.6 Å². The number of hydrogen-bond donors (Lipinski definition) is 1. The van der Waals surface area contributed by atoms with Crippen molar-refractivity contribution >= 4 is 12.4 Å². The van der Waals surface area contributed by atoms with Gasteiger partial charge in [0.05, 0.1) is 16.7 Å². The maximum atomic E-state index is 6.28. The SMILES string of the molecule is CC(C)c1noc(-c2ccccc2-c2nc(C3(N)CCC3)no2)n1.Cl. The molecule has 4 rings (SSSR count).